The van der Waals surface area contributed by atoms with Crippen molar-refractivity contribution in [2.45, 2.75) is 46.6 Å². The van der Waals surface area contributed by atoms with Gasteiger partial charge in [-0.15, -0.1) is 0 Å². The lowest BCUT2D eigenvalue weighted by atomic mass is 10.1. The van der Waals surface area contributed by atoms with E-state index in [1.165, 1.54) is 0 Å². The summed E-state index contributed by atoms with van der Waals surface area (Å²) in [6.45, 7) is 9.99. The van der Waals surface area contributed by atoms with E-state index in [9.17, 15) is 4.79 Å². The van der Waals surface area contributed by atoms with Crippen molar-refractivity contribution < 1.29 is 4.79 Å². The van der Waals surface area contributed by atoms with Gasteiger partial charge < -0.3 is 5.73 Å². The summed E-state index contributed by atoms with van der Waals surface area (Å²) in [6, 6.07) is 3.63. The lowest BCUT2D eigenvalue weighted by Gasteiger charge is -2.21. The van der Waals surface area contributed by atoms with Crippen LogP contribution in [0.3, 0.4) is 0 Å². The molecule has 0 radical (unpaired) electrons. The van der Waals surface area contributed by atoms with Crippen molar-refractivity contribution in [2.24, 2.45) is 0 Å². The molecule has 5 nitrogen and oxygen atoms in total. The first-order chi connectivity index (χ1) is 9.68. The summed E-state index contributed by atoms with van der Waals surface area (Å²) in [5.74, 6) is -0.0221. The summed E-state index contributed by atoms with van der Waals surface area (Å²) < 4.78 is 1.88. The first-order valence-electron chi connectivity index (χ1n) is 7.00. The SMILES string of the molecule is Cc1ncc(CC(=O)c2cc(C)n(C(C)(C)C)n2)cc1N. The maximum absolute atomic E-state index is 12.4. The predicted molar refractivity (Wildman–Crippen MR) is 83.4 cm³/mol. The molecule has 0 aromatic carbocycles. The van der Waals surface area contributed by atoms with Gasteiger partial charge in [-0.25, -0.2) is 0 Å². The Morgan fingerprint density at radius 1 is 1.29 bits per heavy atom. The number of anilines is 1. The number of hydrogen-bond donors (Lipinski definition) is 1. The number of carbonyl (C=O) groups is 1. The van der Waals surface area contributed by atoms with Gasteiger partial charge in [0, 0.05) is 18.3 Å². The third kappa shape index (κ3) is 3.29. The summed E-state index contributed by atoms with van der Waals surface area (Å²) in [5, 5.41) is 4.43. The zero-order valence-corrected chi connectivity index (χ0v) is 13.3. The first-order valence-corrected chi connectivity index (χ1v) is 7.00. The molecule has 0 spiro atoms. The highest BCUT2D eigenvalue weighted by molar-refractivity contribution is 5.95. The molecule has 2 aromatic rings. The molecular weight excluding hydrogens is 264 g/mol. The number of aryl methyl sites for hydroxylation is 2. The number of nitrogens with two attached hydrogens (primary N) is 1. The van der Waals surface area contributed by atoms with E-state index in [2.05, 4.69) is 30.9 Å². The quantitative estimate of drug-likeness (QED) is 0.880. The highest BCUT2D eigenvalue weighted by atomic mass is 16.1. The van der Waals surface area contributed by atoms with Crippen LogP contribution in [-0.4, -0.2) is 20.5 Å². The van der Waals surface area contributed by atoms with Gasteiger partial charge in [-0.2, -0.15) is 5.10 Å². The van der Waals surface area contributed by atoms with Crippen molar-refractivity contribution in [3.63, 3.8) is 0 Å². The molecule has 0 bridgehead atoms. The fraction of sp³-hybridized carbons (Fsp3) is 0.438. The third-order valence-corrected chi connectivity index (χ3v) is 3.36. The molecule has 112 valence electrons. The zero-order valence-electron chi connectivity index (χ0n) is 13.3. The smallest absolute Gasteiger partial charge is 0.187 e. The molecule has 0 aliphatic heterocycles. The van der Waals surface area contributed by atoms with Crippen LogP contribution in [0.25, 0.3) is 0 Å². The number of nitrogens with zero attached hydrogens (tertiary/aromatic N) is 3. The summed E-state index contributed by atoms with van der Waals surface area (Å²) >= 11 is 0. The molecule has 0 aliphatic rings. The first kappa shape index (κ1) is 15.2. The maximum Gasteiger partial charge on any atom is 0.187 e. The van der Waals surface area contributed by atoms with Crippen LogP contribution in [0, 0.1) is 13.8 Å². The van der Waals surface area contributed by atoms with Crippen LogP contribution in [0.1, 0.15) is 48.2 Å². The van der Waals surface area contributed by atoms with Crippen LogP contribution >= 0.6 is 0 Å². The molecule has 2 aromatic heterocycles. The zero-order chi connectivity index (χ0) is 15.8. The molecule has 5 heteroatoms. The monoisotopic (exact) mass is 286 g/mol. The minimum absolute atomic E-state index is 0.0221. The minimum Gasteiger partial charge on any atom is -0.397 e. The number of Topliss-reactive ketones (excluding diaryl/α,β-unsaturated/α-hetero) is 1. The third-order valence-electron chi connectivity index (χ3n) is 3.36. The molecule has 0 unspecified atom stereocenters. The number of hydrogen-bond acceptors (Lipinski definition) is 4. The number of carbonyl (C=O) groups excluding carboxylic acids is 1. The topological polar surface area (TPSA) is 73.8 Å². The Kier molecular flexibility index (Phi) is 3.85. The average Bonchev–Trinajstić information content (AvgIpc) is 2.76. The molecule has 0 amide bonds. The van der Waals surface area contributed by atoms with Gasteiger partial charge in [0.1, 0.15) is 5.69 Å². The summed E-state index contributed by atoms with van der Waals surface area (Å²) in [7, 11) is 0. The van der Waals surface area contributed by atoms with Gasteiger partial charge in [-0.3, -0.25) is 14.5 Å². The molecule has 2 N–H and O–H groups in total. The maximum atomic E-state index is 12.4. The van der Waals surface area contributed by atoms with Crippen molar-refractivity contribution in [2.75, 3.05) is 5.73 Å². The second kappa shape index (κ2) is 5.31. The van der Waals surface area contributed by atoms with E-state index in [0.29, 0.717) is 11.4 Å². The lowest BCUT2D eigenvalue weighted by molar-refractivity contribution is 0.0986. The van der Waals surface area contributed by atoms with E-state index >= 15 is 0 Å². The highest BCUT2D eigenvalue weighted by Crippen LogP contribution is 2.18. The van der Waals surface area contributed by atoms with Crippen LogP contribution in [-0.2, 0) is 12.0 Å². The van der Waals surface area contributed by atoms with E-state index in [4.69, 9.17) is 5.73 Å². The van der Waals surface area contributed by atoms with Gasteiger partial charge in [-0.05, 0) is 52.3 Å². The fourth-order valence-corrected chi connectivity index (χ4v) is 2.26. The Morgan fingerprint density at radius 2 is 1.95 bits per heavy atom. The Morgan fingerprint density at radius 3 is 2.48 bits per heavy atom. The lowest BCUT2D eigenvalue weighted by Crippen LogP contribution is -2.24. The Bertz CT molecular complexity index is 680. The Labute approximate surface area is 125 Å². The second-order valence-electron chi connectivity index (χ2n) is 6.37. The molecule has 0 atom stereocenters. The van der Waals surface area contributed by atoms with Gasteiger partial charge in [0.25, 0.3) is 0 Å². The predicted octanol–water partition coefficient (Wildman–Crippen LogP) is 2.66. The van der Waals surface area contributed by atoms with E-state index < -0.39 is 0 Å². The van der Waals surface area contributed by atoms with Crippen molar-refractivity contribution in [3.8, 4) is 0 Å². The van der Waals surface area contributed by atoms with Crippen molar-refractivity contribution in [1.29, 1.82) is 0 Å². The number of ketones is 1. The molecule has 2 heterocycles. The summed E-state index contributed by atoms with van der Waals surface area (Å²) in [6.07, 6.45) is 1.95. The van der Waals surface area contributed by atoms with Crippen molar-refractivity contribution in [3.05, 3.63) is 41.0 Å². The minimum atomic E-state index is -0.140. The van der Waals surface area contributed by atoms with Crippen LogP contribution in [0.2, 0.25) is 0 Å². The molecule has 0 saturated heterocycles. The van der Waals surface area contributed by atoms with Crippen molar-refractivity contribution >= 4 is 11.5 Å². The average molecular weight is 286 g/mol. The van der Waals surface area contributed by atoms with Gasteiger partial charge >= 0.3 is 0 Å². The molecule has 21 heavy (non-hydrogen) atoms. The summed E-state index contributed by atoms with van der Waals surface area (Å²) in [5.41, 5.74) is 9.35. The van der Waals surface area contributed by atoms with E-state index in [1.807, 2.05) is 24.6 Å². The molecule has 0 saturated carbocycles. The largest absolute Gasteiger partial charge is 0.397 e. The molecule has 0 aliphatic carbocycles. The number of pyridine rings is 1. The number of nitrogen functional groups attached to an aromatic ring is 1. The molecule has 2 rings (SSSR count). The van der Waals surface area contributed by atoms with Gasteiger partial charge in [0.2, 0.25) is 0 Å². The van der Waals surface area contributed by atoms with E-state index in [-0.39, 0.29) is 17.7 Å². The molecule has 0 fully saturated rings. The fourth-order valence-electron chi connectivity index (χ4n) is 2.26. The number of rotatable bonds is 3. The second-order valence-corrected chi connectivity index (χ2v) is 6.37. The number of aromatic nitrogens is 3. The van der Waals surface area contributed by atoms with Crippen LogP contribution in [0.4, 0.5) is 5.69 Å². The van der Waals surface area contributed by atoms with Crippen LogP contribution in [0.15, 0.2) is 18.3 Å². The van der Waals surface area contributed by atoms with Crippen LogP contribution in [0.5, 0.6) is 0 Å². The van der Waals surface area contributed by atoms with Gasteiger partial charge in [0.05, 0.1) is 16.9 Å². The van der Waals surface area contributed by atoms with Crippen molar-refractivity contribution in [1.82, 2.24) is 14.8 Å². The van der Waals surface area contributed by atoms with Crippen LogP contribution < -0.4 is 5.73 Å². The Balaban J connectivity index is 2.23. The van der Waals surface area contributed by atoms with Gasteiger partial charge in [-0.1, -0.05) is 0 Å². The van der Waals surface area contributed by atoms with E-state index in [1.54, 1.807) is 12.3 Å². The standard InChI is InChI=1S/C16H22N4O/c1-10-6-14(19-20(10)16(3,4)5)15(21)8-12-7-13(17)11(2)18-9-12/h6-7,9H,8,17H2,1-5H3. The highest BCUT2D eigenvalue weighted by Gasteiger charge is 2.20. The Hall–Kier alpha value is -2.17. The summed E-state index contributed by atoms with van der Waals surface area (Å²) in [4.78, 5) is 16.5. The normalized spacial score (nSPS) is 11.7. The van der Waals surface area contributed by atoms with E-state index in [0.717, 1.165) is 17.0 Å². The van der Waals surface area contributed by atoms with Gasteiger partial charge in [0.15, 0.2) is 5.78 Å². The molecular formula is C16H22N4O.